The maximum absolute atomic E-state index is 12.5. The van der Waals surface area contributed by atoms with Crippen molar-refractivity contribution in [3.63, 3.8) is 0 Å². The van der Waals surface area contributed by atoms with Gasteiger partial charge in [-0.1, -0.05) is 0 Å². The Morgan fingerprint density at radius 1 is 1.42 bits per heavy atom. The van der Waals surface area contributed by atoms with Crippen LogP contribution < -0.4 is 10.1 Å². The lowest BCUT2D eigenvalue weighted by atomic mass is 10.2. The van der Waals surface area contributed by atoms with Gasteiger partial charge in [0.25, 0.3) is 0 Å². The summed E-state index contributed by atoms with van der Waals surface area (Å²) in [5, 5.41) is 7.19. The van der Waals surface area contributed by atoms with Crippen LogP contribution in [0.4, 0.5) is 13.2 Å². The maximum atomic E-state index is 12.5. The second-order valence-corrected chi connectivity index (χ2v) is 5.62. The quantitative estimate of drug-likeness (QED) is 0.850. The Balaban J connectivity index is 1.57. The predicted molar refractivity (Wildman–Crippen MR) is 77.4 cm³/mol. The highest BCUT2D eigenvalue weighted by Gasteiger charge is 2.31. The lowest BCUT2D eigenvalue weighted by molar-refractivity contribution is -0.141. The molecule has 2 aromatic rings. The van der Waals surface area contributed by atoms with Gasteiger partial charge in [-0.25, -0.2) is 4.98 Å². The van der Waals surface area contributed by atoms with E-state index in [0.29, 0.717) is 24.8 Å². The van der Waals surface area contributed by atoms with Crippen molar-refractivity contribution >= 4 is 0 Å². The third kappa shape index (κ3) is 4.26. The van der Waals surface area contributed by atoms with Crippen LogP contribution in [0.25, 0.3) is 0 Å². The van der Waals surface area contributed by atoms with Crippen LogP contribution in [0, 0.1) is 0 Å². The molecule has 0 aliphatic carbocycles. The van der Waals surface area contributed by atoms with Gasteiger partial charge in [0, 0.05) is 19.4 Å². The number of rotatable bonds is 6. The molecule has 3 heterocycles. The highest BCUT2D eigenvalue weighted by atomic mass is 19.4. The monoisotopic (exact) mass is 345 g/mol. The van der Waals surface area contributed by atoms with Gasteiger partial charge in [0.2, 0.25) is 0 Å². The average molecular weight is 345 g/mol. The minimum atomic E-state index is -4.28. The molecule has 0 aromatic carbocycles. The number of aromatic nitrogens is 4. The van der Waals surface area contributed by atoms with Crippen LogP contribution in [-0.4, -0.2) is 50.9 Å². The SMILES string of the molecule is Cn1cc(O[C@@H]2COC[C@@H]2NCc2nccn2CC(F)(F)F)cn1. The first kappa shape index (κ1) is 16.8. The normalized spacial score (nSPS) is 21.3. The van der Waals surface area contributed by atoms with E-state index in [1.165, 1.54) is 12.4 Å². The van der Waals surface area contributed by atoms with E-state index < -0.39 is 12.7 Å². The molecule has 1 saturated heterocycles. The Morgan fingerprint density at radius 3 is 2.96 bits per heavy atom. The van der Waals surface area contributed by atoms with Gasteiger partial charge in [-0.15, -0.1) is 0 Å². The van der Waals surface area contributed by atoms with Crippen LogP contribution in [0.15, 0.2) is 24.8 Å². The number of hydrogen-bond donors (Lipinski definition) is 1. The van der Waals surface area contributed by atoms with E-state index in [4.69, 9.17) is 9.47 Å². The Labute approximate surface area is 136 Å². The van der Waals surface area contributed by atoms with Crippen molar-refractivity contribution < 1.29 is 22.6 Å². The largest absolute Gasteiger partial charge is 0.483 e. The van der Waals surface area contributed by atoms with Crippen LogP contribution in [0.5, 0.6) is 5.75 Å². The maximum Gasteiger partial charge on any atom is 0.406 e. The van der Waals surface area contributed by atoms with Crippen molar-refractivity contribution in [2.75, 3.05) is 13.2 Å². The van der Waals surface area contributed by atoms with Crippen molar-refractivity contribution in [1.29, 1.82) is 0 Å². The van der Waals surface area contributed by atoms with E-state index >= 15 is 0 Å². The zero-order valence-electron chi connectivity index (χ0n) is 13.0. The third-order valence-corrected chi connectivity index (χ3v) is 3.67. The van der Waals surface area contributed by atoms with Crippen LogP contribution in [0.3, 0.4) is 0 Å². The van der Waals surface area contributed by atoms with E-state index in [1.807, 2.05) is 0 Å². The predicted octanol–water partition coefficient (Wildman–Crippen LogP) is 1.11. The summed E-state index contributed by atoms with van der Waals surface area (Å²) in [7, 11) is 1.79. The Hall–Kier alpha value is -2.07. The first-order chi connectivity index (χ1) is 11.4. The number of hydrogen-bond acceptors (Lipinski definition) is 5. The number of ether oxygens (including phenoxy) is 2. The molecular weight excluding hydrogens is 327 g/mol. The fourth-order valence-electron chi connectivity index (χ4n) is 2.54. The molecule has 132 valence electrons. The zero-order valence-corrected chi connectivity index (χ0v) is 13.0. The summed E-state index contributed by atoms with van der Waals surface area (Å²) < 4.78 is 51.5. The Kier molecular flexibility index (Phi) is 4.76. The fourth-order valence-corrected chi connectivity index (χ4v) is 2.54. The summed E-state index contributed by atoms with van der Waals surface area (Å²) in [5.41, 5.74) is 0. The van der Waals surface area contributed by atoms with E-state index in [2.05, 4.69) is 15.4 Å². The standard InChI is InChI=1S/C14H18F3N5O2/c1-21-6-10(4-20-21)24-12-8-23-7-11(12)19-5-13-18-2-3-22(13)9-14(15,16)17/h2-4,6,11-12,19H,5,7-9H2,1H3/t11-,12+/m0/s1. The van der Waals surface area contributed by atoms with Gasteiger partial charge in [0.15, 0.2) is 5.75 Å². The molecule has 10 heteroatoms. The Morgan fingerprint density at radius 2 is 2.25 bits per heavy atom. The summed E-state index contributed by atoms with van der Waals surface area (Å²) in [6.07, 6.45) is 1.51. The molecule has 3 rings (SSSR count). The van der Waals surface area contributed by atoms with Crippen LogP contribution in [0.2, 0.25) is 0 Å². The number of nitrogens with one attached hydrogen (secondary N) is 1. The molecule has 2 aromatic heterocycles. The lowest BCUT2D eigenvalue weighted by Gasteiger charge is -2.20. The van der Waals surface area contributed by atoms with E-state index in [0.717, 1.165) is 4.57 Å². The average Bonchev–Trinajstić information content (AvgIpc) is 3.19. The van der Waals surface area contributed by atoms with Crippen molar-refractivity contribution in [3.8, 4) is 5.75 Å². The van der Waals surface area contributed by atoms with Crippen LogP contribution in [0.1, 0.15) is 5.82 Å². The van der Waals surface area contributed by atoms with Crippen molar-refractivity contribution in [2.24, 2.45) is 7.05 Å². The second-order valence-electron chi connectivity index (χ2n) is 5.62. The zero-order chi connectivity index (χ0) is 17.2. The third-order valence-electron chi connectivity index (χ3n) is 3.67. The molecule has 0 bridgehead atoms. The first-order valence-electron chi connectivity index (χ1n) is 7.44. The molecule has 7 nitrogen and oxygen atoms in total. The molecule has 0 saturated carbocycles. The molecule has 0 amide bonds. The molecule has 1 aliphatic rings. The van der Waals surface area contributed by atoms with Crippen molar-refractivity contribution in [2.45, 2.75) is 31.4 Å². The van der Waals surface area contributed by atoms with E-state index in [1.54, 1.807) is 24.1 Å². The molecule has 0 radical (unpaired) electrons. The van der Waals surface area contributed by atoms with Crippen LogP contribution in [-0.2, 0) is 24.9 Å². The summed E-state index contributed by atoms with van der Waals surface area (Å²) in [6, 6.07) is -0.138. The molecule has 2 atom stereocenters. The van der Waals surface area contributed by atoms with Crippen LogP contribution >= 0.6 is 0 Å². The van der Waals surface area contributed by atoms with E-state index in [9.17, 15) is 13.2 Å². The second kappa shape index (κ2) is 6.81. The van der Waals surface area contributed by atoms with Gasteiger partial charge in [0.05, 0.1) is 38.2 Å². The molecule has 1 aliphatic heterocycles. The van der Waals surface area contributed by atoms with Crippen molar-refractivity contribution in [3.05, 3.63) is 30.6 Å². The molecule has 24 heavy (non-hydrogen) atoms. The van der Waals surface area contributed by atoms with Crippen molar-refractivity contribution in [1.82, 2.24) is 24.6 Å². The van der Waals surface area contributed by atoms with Gasteiger partial charge in [0.1, 0.15) is 18.5 Å². The molecule has 1 fully saturated rings. The van der Waals surface area contributed by atoms with Gasteiger partial charge in [-0.05, 0) is 0 Å². The van der Waals surface area contributed by atoms with E-state index in [-0.39, 0.29) is 18.7 Å². The molecule has 0 unspecified atom stereocenters. The number of alkyl halides is 3. The van der Waals surface area contributed by atoms with Gasteiger partial charge < -0.3 is 19.4 Å². The molecular formula is C14H18F3N5O2. The Bertz CT molecular complexity index is 669. The van der Waals surface area contributed by atoms with Gasteiger partial charge in [-0.3, -0.25) is 4.68 Å². The summed E-state index contributed by atoms with van der Waals surface area (Å²) in [6.45, 7) is -0.0285. The smallest absolute Gasteiger partial charge is 0.406 e. The molecule has 0 spiro atoms. The summed E-state index contributed by atoms with van der Waals surface area (Å²) in [4.78, 5) is 3.98. The topological polar surface area (TPSA) is 66.1 Å². The van der Waals surface area contributed by atoms with Gasteiger partial charge in [-0.2, -0.15) is 18.3 Å². The van der Waals surface area contributed by atoms with Gasteiger partial charge >= 0.3 is 6.18 Å². The fraction of sp³-hybridized carbons (Fsp3) is 0.571. The first-order valence-corrected chi connectivity index (χ1v) is 7.44. The minimum absolute atomic E-state index is 0.138. The summed E-state index contributed by atoms with van der Waals surface area (Å²) in [5.74, 6) is 0.942. The highest BCUT2D eigenvalue weighted by Crippen LogP contribution is 2.19. The highest BCUT2D eigenvalue weighted by molar-refractivity contribution is 5.12. The number of aryl methyl sites for hydroxylation is 1. The number of halogens is 3. The molecule has 1 N–H and O–H groups in total. The lowest BCUT2D eigenvalue weighted by Crippen LogP contribution is -2.42. The number of imidazole rings is 1. The number of nitrogens with zero attached hydrogens (tertiary/aromatic N) is 4. The minimum Gasteiger partial charge on any atom is -0.483 e. The summed E-state index contributed by atoms with van der Waals surface area (Å²) >= 11 is 0.